The minimum absolute atomic E-state index is 0.125. The Hall–Kier alpha value is -2.81. The van der Waals surface area contributed by atoms with Crippen LogP contribution in [0.3, 0.4) is 0 Å². The van der Waals surface area contributed by atoms with Crippen LogP contribution >= 0.6 is 0 Å². The van der Waals surface area contributed by atoms with Crippen LogP contribution in [0.1, 0.15) is 116 Å². The first-order chi connectivity index (χ1) is 16.1. The quantitative estimate of drug-likeness (QED) is 0.422. The van der Waals surface area contributed by atoms with E-state index in [1.165, 1.54) is 0 Å². The van der Waals surface area contributed by atoms with Gasteiger partial charge in [-0.3, -0.25) is 4.79 Å². The van der Waals surface area contributed by atoms with Gasteiger partial charge in [-0.25, -0.2) is 0 Å². The molecule has 0 amide bonds. The van der Waals surface area contributed by atoms with E-state index in [0.717, 1.165) is 33.4 Å². The number of phenols is 2. The molecular formula is C33H46O3. The van der Waals surface area contributed by atoms with E-state index in [2.05, 4.69) is 83.1 Å². The largest absolute Gasteiger partial charge is 0.507 e. The minimum Gasteiger partial charge on any atom is -0.507 e. The average molecular weight is 491 g/mol. The minimum atomic E-state index is -0.230. The van der Waals surface area contributed by atoms with Crippen molar-refractivity contribution in [2.24, 2.45) is 0 Å². The first kappa shape index (κ1) is 29.4. The summed E-state index contributed by atoms with van der Waals surface area (Å²) in [4.78, 5) is 12.8. The molecule has 2 aromatic carbocycles. The number of carbonyl (C=O) groups is 1. The molecule has 0 aromatic heterocycles. The lowest BCUT2D eigenvalue weighted by Crippen LogP contribution is -2.17. The summed E-state index contributed by atoms with van der Waals surface area (Å²) in [5.41, 5.74) is 4.32. The summed E-state index contributed by atoms with van der Waals surface area (Å²) in [5.74, 6) is 0.533. The summed E-state index contributed by atoms with van der Waals surface area (Å²) < 4.78 is 0. The monoisotopic (exact) mass is 490 g/mol. The van der Waals surface area contributed by atoms with Crippen LogP contribution in [0.2, 0.25) is 0 Å². The maximum atomic E-state index is 12.8. The van der Waals surface area contributed by atoms with Crippen molar-refractivity contribution in [2.75, 3.05) is 0 Å². The van der Waals surface area contributed by atoms with Crippen molar-refractivity contribution in [3.05, 3.63) is 69.8 Å². The van der Waals surface area contributed by atoms with Gasteiger partial charge in [0.15, 0.2) is 5.78 Å². The van der Waals surface area contributed by atoms with Gasteiger partial charge < -0.3 is 10.2 Å². The van der Waals surface area contributed by atoms with Crippen molar-refractivity contribution in [1.82, 2.24) is 0 Å². The molecule has 2 N–H and O–H groups in total. The molecule has 0 unspecified atom stereocenters. The predicted octanol–water partition coefficient (Wildman–Crippen LogP) is 8.58. The SMILES string of the molecule is CC(C)(C)c1cc(/C=C/C(=O)/C=C/c2cc(C(C)(C)C)c(O)c(C(C)(C)C)c2)cc(C(C)(C)C)c1O. The van der Waals surface area contributed by atoms with Crippen LogP contribution in [0.25, 0.3) is 12.2 Å². The van der Waals surface area contributed by atoms with Crippen LogP contribution in [0.15, 0.2) is 36.4 Å². The van der Waals surface area contributed by atoms with Gasteiger partial charge in [0, 0.05) is 22.3 Å². The van der Waals surface area contributed by atoms with Gasteiger partial charge in [0.1, 0.15) is 11.5 Å². The molecule has 0 aliphatic rings. The van der Waals surface area contributed by atoms with Gasteiger partial charge in [0.25, 0.3) is 0 Å². The Bertz CT molecular complexity index is 1020. The van der Waals surface area contributed by atoms with Gasteiger partial charge in [-0.15, -0.1) is 0 Å². The zero-order valence-corrected chi connectivity index (χ0v) is 24.4. The lowest BCUT2D eigenvalue weighted by Gasteiger charge is -2.27. The molecule has 36 heavy (non-hydrogen) atoms. The molecule has 2 aromatic rings. The first-order valence-corrected chi connectivity index (χ1v) is 12.8. The molecule has 0 fully saturated rings. The molecule has 3 nitrogen and oxygen atoms in total. The highest BCUT2D eigenvalue weighted by Crippen LogP contribution is 2.41. The van der Waals surface area contributed by atoms with Gasteiger partial charge in [0.2, 0.25) is 0 Å². The maximum Gasteiger partial charge on any atom is 0.178 e. The van der Waals surface area contributed by atoms with Crippen LogP contribution in [0.5, 0.6) is 11.5 Å². The van der Waals surface area contributed by atoms with E-state index in [-0.39, 0.29) is 27.4 Å². The van der Waals surface area contributed by atoms with Crippen molar-refractivity contribution >= 4 is 17.9 Å². The van der Waals surface area contributed by atoms with E-state index in [1.807, 2.05) is 36.4 Å². The van der Waals surface area contributed by atoms with Crippen molar-refractivity contribution in [1.29, 1.82) is 0 Å². The zero-order chi connectivity index (χ0) is 27.9. The summed E-state index contributed by atoms with van der Waals surface area (Å²) in [5, 5.41) is 21.9. The Morgan fingerprint density at radius 2 is 0.750 bits per heavy atom. The van der Waals surface area contributed by atoms with Crippen molar-refractivity contribution < 1.29 is 15.0 Å². The number of benzene rings is 2. The smallest absolute Gasteiger partial charge is 0.178 e. The second-order valence-electron chi connectivity index (χ2n) is 14.0. The fraction of sp³-hybridized carbons (Fsp3) is 0.485. The van der Waals surface area contributed by atoms with Gasteiger partial charge in [0.05, 0.1) is 0 Å². The molecule has 0 saturated heterocycles. The zero-order valence-electron chi connectivity index (χ0n) is 24.4. The van der Waals surface area contributed by atoms with E-state index in [4.69, 9.17) is 0 Å². The number of ketones is 1. The Balaban J connectivity index is 2.45. The van der Waals surface area contributed by atoms with Gasteiger partial charge in [-0.1, -0.05) is 95.2 Å². The molecule has 196 valence electrons. The Labute approximate surface area is 219 Å². The summed E-state index contributed by atoms with van der Waals surface area (Å²) in [6.07, 6.45) is 6.76. The second kappa shape index (κ2) is 9.92. The van der Waals surface area contributed by atoms with Crippen LogP contribution < -0.4 is 0 Å². The molecule has 0 radical (unpaired) electrons. The van der Waals surface area contributed by atoms with E-state index in [0.29, 0.717) is 11.5 Å². The van der Waals surface area contributed by atoms with Gasteiger partial charge >= 0.3 is 0 Å². The molecule has 0 spiro atoms. The van der Waals surface area contributed by atoms with Crippen molar-refractivity contribution in [2.45, 2.75) is 105 Å². The third-order valence-electron chi connectivity index (χ3n) is 6.38. The first-order valence-electron chi connectivity index (χ1n) is 12.8. The molecule has 0 atom stereocenters. The molecule has 0 saturated carbocycles. The van der Waals surface area contributed by atoms with Crippen LogP contribution in [0, 0.1) is 0 Å². The number of hydrogen-bond acceptors (Lipinski definition) is 3. The molecule has 3 heteroatoms. The fourth-order valence-electron chi connectivity index (χ4n) is 4.21. The molecule has 0 aliphatic heterocycles. The number of allylic oxidation sites excluding steroid dienone is 2. The summed E-state index contributed by atoms with van der Waals surface area (Å²) in [6.45, 7) is 24.9. The maximum absolute atomic E-state index is 12.8. The highest BCUT2D eigenvalue weighted by Gasteiger charge is 2.27. The van der Waals surface area contributed by atoms with Gasteiger partial charge in [-0.2, -0.15) is 0 Å². The third kappa shape index (κ3) is 7.12. The third-order valence-corrected chi connectivity index (χ3v) is 6.38. The Kier molecular flexibility index (Phi) is 8.11. The molecular weight excluding hydrogens is 444 g/mol. The average Bonchev–Trinajstić information content (AvgIpc) is 2.68. The number of rotatable bonds is 4. The highest BCUT2D eigenvalue weighted by molar-refractivity contribution is 6.04. The Morgan fingerprint density at radius 1 is 0.528 bits per heavy atom. The van der Waals surface area contributed by atoms with E-state index < -0.39 is 0 Å². The van der Waals surface area contributed by atoms with Crippen molar-refractivity contribution in [3.8, 4) is 11.5 Å². The number of phenolic OH excluding ortho intramolecular Hbond substituents is 2. The van der Waals surface area contributed by atoms with Crippen LogP contribution in [-0.2, 0) is 26.5 Å². The van der Waals surface area contributed by atoms with Crippen LogP contribution in [-0.4, -0.2) is 16.0 Å². The van der Waals surface area contributed by atoms with E-state index >= 15 is 0 Å². The topological polar surface area (TPSA) is 57.5 Å². The second-order valence-corrected chi connectivity index (χ2v) is 14.0. The van der Waals surface area contributed by atoms with Gasteiger partial charge in [-0.05, 0) is 69.2 Å². The lowest BCUT2D eigenvalue weighted by atomic mass is 9.78. The van der Waals surface area contributed by atoms with E-state index in [1.54, 1.807) is 12.2 Å². The molecule has 2 rings (SSSR count). The standard InChI is InChI=1S/C33H46O3/c1-30(2,3)24-17-21(18-25(28(24)35)31(4,5)6)13-15-23(34)16-14-22-19-26(32(7,8)9)29(36)27(20-22)33(10,11)12/h13-20,35-36H,1-12H3/b15-13+,16-14+. The highest BCUT2D eigenvalue weighted by atomic mass is 16.3. The van der Waals surface area contributed by atoms with Crippen molar-refractivity contribution in [3.63, 3.8) is 0 Å². The number of aromatic hydroxyl groups is 2. The molecule has 0 aliphatic carbocycles. The Morgan fingerprint density at radius 3 is 0.944 bits per heavy atom. The fourth-order valence-corrected chi connectivity index (χ4v) is 4.21. The lowest BCUT2D eigenvalue weighted by molar-refractivity contribution is -0.110. The summed E-state index contributed by atoms with van der Waals surface area (Å²) in [7, 11) is 0. The van der Waals surface area contributed by atoms with E-state index in [9.17, 15) is 15.0 Å². The number of hydrogen-bond donors (Lipinski definition) is 2. The molecule has 0 heterocycles. The molecule has 0 bridgehead atoms. The normalized spacial score (nSPS) is 13.7. The number of carbonyl (C=O) groups excluding carboxylic acids is 1. The summed E-state index contributed by atoms with van der Waals surface area (Å²) >= 11 is 0. The predicted molar refractivity (Wildman–Crippen MR) is 154 cm³/mol. The van der Waals surface area contributed by atoms with Crippen LogP contribution in [0.4, 0.5) is 0 Å². The summed E-state index contributed by atoms with van der Waals surface area (Å²) in [6, 6.07) is 7.85.